The van der Waals surface area contributed by atoms with E-state index < -0.39 is 17.2 Å². The Morgan fingerprint density at radius 1 is 1.21 bits per heavy atom. The Morgan fingerprint density at radius 3 is 2.52 bits per heavy atom. The Kier molecular flexibility index (Phi) is 6.08. The molecule has 1 fully saturated rings. The highest BCUT2D eigenvalue weighted by molar-refractivity contribution is 6.30. The van der Waals surface area contributed by atoms with Gasteiger partial charge in [-0.05, 0) is 53.9 Å². The number of benzene rings is 2. The first-order chi connectivity index (χ1) is 13.3. The van der Waals surface area contributed by atoms with Crippen LogP contribution in [0.25, 0.3) is 0 Å². The Bertz CT molecular complexity index is 898. The fourth-order valence-electron chi connectivity index (χ4n) is 4.50. The molecule has 0 spiro atoms. The lowest BCUT2D eigenvalue weighted by Gasteiger charge is -2.54. The molecule has 29 heavy (non-hydrogen) atoms. The summed E-state index contributed by atoms with van der Waals surface area (Å²) in [4.78, 5) is 11.0. The van der Waals surface area contributed by atoms with Crippen molar-refractivity contribution in [3.05, 3.63) is 64.2 Å². The van der Waals surface area contributed by atoms with Gasteiger partial charge in [-0.15, -0.1) is 12.4 Å². The molecule has 1 aliphatic carbocycles. The summed E-state index contributed by atoms with van der Waals surface area (Å²) in [5.41, 5.74) is 7.29. The topological polar surface area (TPSA) is 64.4 Å². The van der Waals surface area contributed by atoms with Crippen LogP contribution in [0.5, 0.6) is 5.75 Å². The van der Waals surface area contributed by atoms with Crippen LogP contribution in [-0.4, -0.2) is 25.0 Å². The molecule has 1 unspecified atom stereocenters. The molecule has 2 aromatic carbocycles. The van der Waals surface area contributed by atoms with Crippen LogP contribution >= 0.6 is 24.0 Å². The number of fused-ring (bicyclic) bond motifs is 1. The minimum Gasteiger partial charge on any atom is -0.484 e. The van der Waals surface area contributed by atoms with Crippen LogP contribution in [0.3, 0.4) is 0 Å². The summed E-state index contributed by atoms with van der Waals surface area (Å²) >= 11 is 6.01. The summed E-state index contributed by atoms with van der Waals surface area (Å²) in [7, 11) is 0. The molecule has 0 radical (unpaired) electrons. The third-order valence-electron chi connectivity index (χ3n) is 5.67. The Balaban J connectivity index is 0.00000240. The van der Waals surface area contributed by atoms with Gasteiger partial charge in [-0.2, -0.15) is 0 Å². The number of amides is 1. The molecule has 2 aromatic rings. The Labute approximate surface area is 179 Å². The monoisotopic (exact) mass is 442 g/mol. The average molecular weight is 443 g/mol. The quantitative estimate of drug-likeness (QED) is 0.729. The number of hydrogen-bond donors (Lipinski definition) is 2. The molecule has 8 heteroatoms. The summed E-state index contributed by atoms with van der Waals surface area (Å²) in [5.74, 6) is -2.76. The smallest absolute Gasteiger partial charge is 0.255 e. The minimum absolute atomic E-state index is 0. The molecule has 4 rings (SSSR count). The van der Waals surface area contributed by atoms with E-state index in [9.17, 15) is 13.6 Å². The zero-order chi connectivity index (χ0) is 19.9. The van der Waals surface area contributed by atoms with Crippen LogP contribution in [-0.2, 0) is 16.6 Å². The molecule has 0 aromatic heterocycles. The largest absolute Gasteiger partial charge is 0.484 e. The van der Waals surface area contributed by atoms with Crippen molar-refractivity contribution in [2.24, 2.45) is 5.73 Å². The maximum absolute atomic E-state index is 14.1. The zero-order valence-corrected chi connectivity index (χ0v) is 17.2. The molecular weight excluding hydrogens is 421 g/mol. The van der Waals surface area contributed by atoms with Crippen LogP contribution in [0.15, 0.2) is 42.5 Å². The van der Waals surface area contributed by atoms with Gasteiger partial charge < -0.3 is 15.8 Å². The number of alkyl halides is 2. The highest BCUT2D eigenvalue weighted by atomic mass is 35.5. The predicted molar refractivity (Wildman–Crippen MR) is 110 cm³/mol. The zero-order valence-electron chi connectivity index (χ0n) is 15.6. The highest BCUT2D eigenvalue weighted by Gasteiger charge is 2.61. The van der Waals surface area contributed by atoms with E-state index in [2.05, 4.69) is 5.32 Å². The SMILES string of the molecule is Cl.NC(=O)COc1ccc2c(c1)C(C1(c3ccc(Cl)cc3)CC(F)(F)C1)NCC2. The van der Waals surface area contributed by atoms with Crippen molar-refractivity contribution in [2.75, 3.05) is 13.2 Å². The van der Waals surface area contributed by atoms with E-state index in [1.165, 1.54) is 0 Å². The summed E-state index contributed by atoms with van der Waals surface area (Å²) < 4.78 is 33.6. The summed E-state index contributed by atoms with van der Waals surface area (Å²) in [6, 6.07) is 12.4. The van der Waals surface area contributed by atoms with Gasteiger partial charge in [0, 0.05) is 29.3 Å². The number of hydrogen-bond acceptors (Lipinski definition) is 3. The molecule has 0 saturated heterocycles. The van der Waals surface area contributed by atoms with Gasteiger partial charge in [-0.1, -0.05) is 29.8 Å². The van der Waals surface area contributed by atoms with Gasteiger partial charge >= 0.3 is 0 Å². The van der Waals surface area contributed by atoms with E-state index in [1.807, 2.05) is 24.3 Å². The van der Waals surface area contributed by atoms with Crippen molar-refractivity contribution in [3.63, 3.8) is 0 Å². The predicted octanol–water partition coefficient (Wildman–Crippen LogP) is 4.18. The van der Waals surface area contributed by atoms with Crippen molar-refractivity contribution in [2.45, 2.75) is 36.6 Å². The molecule has 1 atom stereocenters. The molecule has 0 bridgehead atoms. The molecular formula is C21H22Cl2F2N2O2. The van der Waals surface area contributed by atoms with E-state index in [-0.39, 0.29) is 37.9 Å². The molecule has 156 valence electrons. The molecule has 1 saturated carbocycles. The number of primary amides is 1. The van der Waals surface area contributed by atoms with Crippen LogP contribution in [0.1, 0.15) is 35.6 Å². The lowest BCUT2D eigenvalue weighted by Crippen LogP contribution is -2.57. The van der Waals surface area contributed by atoms with Crippen LogP contribution in [0.2, 0.25) is 5.02 Å². The van der Waals surface area contributed by atoms with Crippen molar-refractivity contribution in [1.29, 1.82) is 0 Å². The number of ether oxygens (including phenoxy) is 1. The number of carbonyl (C=O) groups is 1. The second-order valence-electron chi connectivity index (χ2n) is 7.63. The van der Waals surface area contributed by atoms with Crippen LogP contribution in [0, 0.1) is 0 Å². The Hall–Kier alpha value is -1.89. The number of carbonyl (C=O) groups excluding carboxylic acids is 1. The molecule has 1 amide bonds. The van der Waals surface area contributed by atoms with Crippen molar-refractivity contribution >= 4 is 29.9 Å². The highest BCUT2D eigenvalue weighted by Crippen LogP contribution is 2.60. The number of nitrogens with two attached hydrogens (primary N) is 1. The summed E-state index contributed by atoms with van der Waals surface area (Å²) in [6.07, 6.45) is 0.339. The maximum atomic E-state index is 14.1. The Morgan fingerprint density at radius 2 is 1.90 bits per heavy atom. The van der Waals surface area contributed by atoms with Crippen LogP contribution < -0.4 is 15.8 Å². The third-order valence-corrected chi connectivity index (χ3v) is 5.92. The normalized spacial score (nSPS) is 21.3. The lowest BCUT2D eigenvalue weighted by atomic mass is 9.56. The second-order valence-corrected chi connectivity index (χ2v) is 8.06. The van der Waals surface area contributed by atoms with Crippen molar-refractivity contribution in [3.8, 4) is 5.75 Å². The van der Waals surface area contributed by atoms with E-state index >= 15 is 0 Å². The molecule has 1 heterocycles. The number of nitrogens with one attached hydrogen (secondary N) is 1. The van der Waals surface area contributed by atoms with Gasteiger partial charge in [-0.3, -0.25) is 4.79 Å². The third kappa shape index (κ3) is 4.20. The van der Waals surface area contributed by atoms with Gasteiger partial charge in [0.1, 0.15) is 5.75 Å². The fraction of sp³-hybridized carbons (Fsp3) is 0.381. The van der Waals surface area contributed by atoms with Gasteiger partial charge in [0.05, 0.1) is 0 Å². The van der Waals surface area contributed by atoms with Gasteiger partial charge in [-0.25, -0.2) is 8.78 Å². The molecule has 1 aliphatic heterocycles. The van der Waals surface area contributed by atoms with Gasteiger partial charge in [0.2, 0.25) is 5.92 Å². The number of rotatable bonds is 5. The first-order valence-corrected chi connectivity index (χ1v) is 9.58. The van der Waals surface area contributed by atoms with E-state index in [1.54, 1.807) is 18.2 Å². The standard InChI is InChI=1S/C21H21ClF2N2O2.ClH/c22-15-4-2-14(3-5-15)20(11-21(23,24)12-20)19-17-9-16(28-10-18(25)27)6-1-13(17)7-8-26-19;/h1-6,9,19,26H,7-8,10-12H2,(H2,25,27);1H. The molecule has 3 N–H and O–H groups in total. The van der Waals surface area contributed by atoms with Gasteiger partial charge in [0.15, 0.2) is 6.61 Å². The molecule has 2 aliphatic rings. The van der Waals surface area contributed by atoms with Gasteiger partial charge in [0.25, 0.3) is 5.91 Å². The first-order valence-electron chi connectivity index (χ1n) is 9.20. The van der Waals surface area contributed by atoms with E-state index in [4.69, 9.17) is 22.1 Å². The van der Waals surface area contributed by atoms with Crippen molar-refractivity contribution in [1.82, 2.24) is 5.32 Å². The minimum atomic E-state index is -2.70. The van der Waals surface area contributed by atoms with Crippen LogP contribution in [0.4, 0.5) is 8.78 Å². The van der Waals surface area contributed by atoms with Crippen molar-refractivity contribution < 1.29 is 18.3 Å². The summed E-state index contributed by atoms with van der Waals surface area (Å²) in [5, 5.41) is 4.02. The van der Waals surface area contributed by atoms with E-state index in [0.29, 0.717) is 17.3 Å². The fourth-order valence-corrected chi connectivity index (χ4v) is 4.62. The number of halogens is 4. The van der Waals surface area contributed by atoms with E-state index in [0.717, 1.165) is 23.1 Å². The first kappa shape index (κ1) is 21.8. The summed E-state index contributed by atoms with van der Waals surface area (Å²) in [6.45, 7) is 0.483. The second kappa shape index (κ2) is 8.09. The lowest BCUT2D eigenvalue weighted by molar-refractivity contribution is -0.138. The average Bonchev–Trinajstić information content (AvgIpc) is 2.64. The molecule has 4 nitrogen and oxygen atoms in total. The maximum Gasteiger partial charge on any atom is 0.255 e.